The molecule has 0 heterocycles. The zero-order chi connectivity index (χ0) is 14.9. The molecule has 1 unspecified atom stereocenters. The zero-order valence-electron chi connectivity index (χ0n) is 11.4. The number of rotatable bonds is 4. The van der Waals surface area contributed by atoms with Crippen molar-refractivity contribution >= 4 is 18.6 Å². The summed E-state index contributed by atoms with van der Waals surface area (Å²) < 4.78 is 4.34. The van der Waals surface area contributed by atoms with E-state index >= 15 is 0 Å². The smallest absolute Gasteiger partial charge is 0.306 e. The van der Waals surface area contributed by atoms with E-state index in [0.29, 0.717) is 0 Å². The van der Waals surface area contributed by atoms with Gasteiger partial charge in [-0.1, -0.05) is 20.8 Å². The highest BCUT2D eigenvalue weighted by molar-refractivity contribution is 7.79. The first-order valence-electron chi connectivity index (χ1n) is 5.19. The lowest BCUT2D eigenvalue weighted by molar-refractivity contribution is -0.487. The van der Waals surface area contributed by atoms with Gasteiger partial charge in [-0.15, -0.1) is 13.2 Å². The van der Waals surface area contributed by atoms with Crippen molar-refractivity contribution in [3.05, 3.63) is 23.3 Å². The number of esters is 1. The minimum absolute atomic E-state index is 0.109. The first kappa shape index (κ1) is 25.0. The van der Waals surface area contributed by atoms with Gasteiger partial charge in [0.2, 0.25) is 6.54 Å². The van der Waals surface area contributed by atoms with E-state index in [1.165, 1.54) is 7.11 Å². The summed E-state index contributed by atoms with van der Waals surface area (Å²) in [6, 6.07) is 0. The van der Waals surface area contributed by atoms with Gasteiger partial charge in [0.25, 0.3) is 0 Å². The molecule has 1 atom stereocenters. The average Bonchev–Trinajstić information content (AvgIpc) is 2.35. The third-order valence-electron chi connectivity index (χ3n) is 1.20. The lowest BCUT2D eigenvalue weighted by atomic mass is 10.1. The van der Waals surface area contributed by atoms with Gasteiger partial charge in [-0.25, -0.2) is 0 Å². The van der Waals surface area contributed by atoms with Crippen molar-refractivity contribution in [2.45, 2.75) is 27.2 Å². The molecule has 6 heteroatoms. The number of methoxy groups -OCH3 is 1. The Morgan fingerprint density at radius 2 is 1.76 bits per heavy atom. The maximum atomic E-state index is 10.6. The topological polar surface area (TPSA) is 69.4 Å². The van der Waals surface area contributed by atoms with E-state index in [4.69, 9.17) is 0 Å². The van der Waals surface area contributed by atoms with Gasteiger partial charge < -0.3 is 4.74 Å². The minimum atomic E-state index is -0.437. The van der Waals surface area contributed by atoms with E-state index in [9.17, 15) is 14.9 Å². The SMILES string of the molecule is C=C.CC.COC(=O)CC(C)C[N+](=O)[O-].CS. The van der Waals surface area contributed by atoms with Gasteiger partial charge in [0.05, 0.1) is 13.5 Å². The van der Waals surface area contributed by atoms with Gasteiger partial charge in [0, 0.05) is 10.8 Å². The zero-order valence-corrected chi connectivity index (χ0v) is 12.3. The number of nitrogens with zero attached hydrogens (tertiary/aromatic N) is 1. The molecule has 0 spiro atoms. The normalized spacial score (nSPS) is 8.82. The maximum absolute atomic E-state index is 10.6. The molecule has 0 amide bonds. The summed E-state index contributed by atoms with van der Waals surface area (Å²) >= 11 is 3.53. The molecule has 0 aromatic heterocycles. The molecular weight excluding hydrogens is 242 g/mol. The van der Waals surface area contributed by atoms with E-state index in [1.54, 1.807) is 13.2 Å². The van der Waals surface area contributed by atoms with Crippen molar-refractivity contribution in [3.8, 4) is 0 Å². The number of hydrogen-bond donors (Lipinski definition) is 1. The molecule has 0 aromatic carbocycles. The Morgan fingerprint density at radius 3 is 2.00 bits per heavy atom. The monoisotopic (exact) mass is 267 g/mol. The second-order valence-corrected chi connectivity index (χ2v) is 2.40. The molecule has 0 aliphatic carbocycles. The third kappa shape index (κ3) is 31.3. The van der Waals surface area contributed by atoms with Crippen LogP contribution in [0.1, 0.15) is 27.2 Å². The molecule has 0 aliphatic heterocycles. The number of ether oxygens (including phenoxy) is 1. The molecule has 5 nitrogen and oxygen atoms in total. The van der Waals surface area contributed by atoms with E-state index in [-0.39, 0.29) is 18.9 Å². The fourth-order valence-corrected chi connectivity index (χ4v) is 0.687. The molecular formula is C11H25NO4S. The summed E-state index contributed by atoms with van der Waals surface area (Å²) in [6.07, 6.45) is 1.80. The summed E-state index contributed by atoms with van der Waals surface area (Å²) in [6.45, 7) is 11.5. The quantitative estimate of drug-likeness (QED) is 0.279. The van der Waals surface area contributed by atoms with Crippen LogP contribution in [0.2, 0.25) is 0 Å². The Labute approximate surface area is 110 Å². The lowest BCUT2D eigenvalue weighted by Crippen LogP contribution is -2.15. The highest BCUT2D eigenvalue weighted by atomic mass is 32.1. The molecule has 104 valence electrons. The predicted octanol–water partition coefficient (Wildman–Crippen LogP) is 2.84. The second kappa shape index (κ2) is 24.3. The van der Waals surface area contributed by atoms with Crippen LogP contribution in [-0.4, -0.2) is 30.8 Å². The van der Waals surface area contributed by atoms with Gasteiger partial charge in [-0.2, -0.15) is 12.6 Å². The molecule has 0 saturated heterocycles. The van der Waals surface area contributed by atoms with Crippen LogP contribution in [-0.2, 0) is 9.53 Å². The van der Waals surface area contributed by atoms with E-state index in [2.05, 4.69) is 30.5 Å². The van der Waals surface area contributed by atoms with E-state index in [1.807, 2.05) is 13.8 Å². The van der Waals surface area contributed by atoms with Gasteiger partial charge >= 0.3 is 5.97 Å². The summed E-state index contributed by atoms with van der Waals surface area (Å²) in [7, 11) is 1.27. The number of hydrogen-bond acceptors (Lipinski definition) is 5. The summed E-state index contributed by atoms with van der Waals surface area (Å²) in [5, 5.41) is 9.93. The van der Waals surface area contributed by atoms with Crippen LogP contribution in [0.5, 0.6) is 0 Å². The third-order valence-corrected chi connectivity index (χ3v) is 1.20. The van der Waals surface area contributed by atoms with Crippen LogP contribution < -0.4 is 0 Å². The molecule has 0 fully saturated rings. The van der Waals surface area contributed by atoms with Crippen LogP contribution in [0.15, 0.2) is 13.2 Å². The van der Waals surface area contributed by atoms with Crippen LogP contribution in [0.4, 0.5) is 0 Å². The number of carbonyl (C=O) groups is 1. The van der Waals surface area contributed by atoms with Gasteiger partial charge in [-0.3, -0.25) is 14.9 Å². The first-order valence-corrected chi connectivity index (χ1v) is 6.09. The Kier molecular flexibility index (Phi) is 35.7. The van der Waals surface area contributed by atoms with Crippen molar-refractivity contribution in [3.63, 3.8) is 0 Å². The van der Waals surface area contributed by atoms with Crippen LogP contribution in [0.25, 0.3) is 0 Å². The molecule has 0 aromatic rings. The molecule has 0 aliphatic rings. The molecule has 17 heavy (non-hydrogen) atoms. The Bertz CT molecular complexity index is 177. The van der Waals surface area contributed by atoms with Gasteiger partial charge in [0.15, 0.2) is 0 Å². The lowest BCUT2D eigenvalue weighted by Gasteiger charge is -2.03. The standard InChI is InChI=1S/C6H11NO4.C2H6.C2H4.CH4S/c1-5(4-7(9)10)3-6(8)11-2;3*1-2/h5H,3-4H2,1-2H3;1-2H3;1-2H2;2H,1H3. The van der Waals surface area contributed by atoms with Gasteiger partial charge in [-0.05, 0) is 6.26 Å². The predicted molar refractivity (Wildman–Crippen MR) is 75.2 cm³/mol. The number of thiol groups is 1. The van der Waals surface area contributed by atoms with Crippen LogP contribution in [0, 0.1) is 16.0 Å². The van der Waals surface area contributed by atoms with Crippen molar-refractivity contribution in [2.24, 2.45) is 5.92 Å². The van der Waals surface area contributed by atoms with Gasteiger partial charge in [0.1, 0.15) is 0 Å². The fraction of sp³-hybridized carbons (Fsp3) is 0.727. The van der Waals surface area contributed by atoms with Crippen molar-refractivity contribution in [1.29, 1.82) is 0 Å². The Morgan fingerprint density at radius 1 is 1.41 bits per heavy atom. The van der Waals surface area contributed by atoms with Crippen molar-refractivity contribution in [1.82, 2.24) is 0 Å². The highest BCUT2D eigenvalue weighted by Crippen LogP contribution is 2.02. The number of carbonyl (C=O) groups excluding carboxylic acids is 1. The highest BCUT2D eigenvalue weighted by Gasteiger charge is 2.13. The minimum Gasteiger partial charge on any atom is -0.469 e. The Hall–Kier alpha value is -1.04. The summed E-state index contributed by atoms with van der Waals surface area (Å²) in [5.41, 5.74) is 0. The fourth-order valence-electron chi connectivity index (χ4n) is 0.687. The summed E-state index contributed by atoms with van der Waals surface area (Å²) in [5.74, 6) is -0.656. The van der Waals surface area contributed by atoms with Crippen molar-refractivity contribution in [2.75, 3.05) is 19.9 Å². The van der Waals surface area contributed by atoms with E-state index in [0.717, 1.165) is 0 Å². The van der Waals surface area contributed by atoms with Crippen LogP contribution in [0.3, 0.4) is 0 Å². The molecule has 0 radical (unpaired) electrons. The largest absolute Gasteiger partial charge is 0.469 e. The average molecular weight is 267 g/mol. The molecule has 0 bridgehead atoms. The first-order chi connectivity index (χ1) is 8.06. The molecule has 0 N–H and O–H groups in total. The maximum Gasteiger partial charge on any atom is 0.306 e. The second-order valence-electron chi connectivity index (χ2n) is 2.40. The molecule has 0 saturated carbocycles. The Balaban J connectivity index is -0.000000121. The number of nitro groups is 1. The van der Waals surface area contributed by atoms with E-state index < -0.39 is 10.9 Å². The van der Waals surface area contributed by atoms with Crippen LogP contribution >= 0.6 is 12.6 Å². The van der Waals surface area contributed by atoms with Crippen molar-refractivity contribution < 1.29 is 14.5 Å². The summed E-state index contributed by atoms with van der Waals surface area (Å²) in [4.78, 5) is 20.1. The molecule has 0 rings (SSSR count).